The molecule has 1 aliphatic rings. The van der Waals surface area contributed by atoms with Crippen molar-refractivity contribution in [3.8, 4) is 5.75 Å². The number of anilines is 2. The summed E-state index contributed by atoms with van der Waals surface area (Å²) < 4.78 is 7.31. The predicted molar refractivity (Wildman–Crippen MR) is 73.4 cm³/mol. The molecule has 100 valence electrons. The van der Waals surface area contributed by atoms with Gasteiger partial charge in [0.2, 0.25) is 11.9 Å². The summed E-state index contributed by atoms with van der Waals surface area (Å²) >= 11 is 0. The zero-order valence-corrected chi connectivity index (χ0v) is 11.1. The lowest BCUT2D eigenvalue weighted by Crippen LogP contribution is -2.25. The van der Waals surface area contributed by atoms with E-state index in [1.54, 1.807) is 7.11 Å². The van der Waals surface area contributed by atoms with Crippen LogP contribution in [-0.4, -0.2) is 28.4 Å². The second-order valence-corrected chi connectivity index (χ2v) is 4.71. The molecule has 1 unspecified atom stereocenters. The fourth-order valence-corrected chi connectivity index (χ4v) is 2.52. The molecule has 19 heavy (non-hydrogen) atoms. The van der Waals surface area contributed by atoms with Crippen LogP contribution in [0.25, 0.3) is 0 Å². The highest BCUT2D eigenvalue weighted by molar-refractivity contribution is 5.43. The normalized spacial score (nSPS) is 17.7. The Morgan fingerprint density at radius 1 is 1.47 bits per heavy atom. The molecule has 6 nitrogen and oxygen atoms in total. The van der Waals surface area contributed by atoms with Gasteiger partial charge in [-0.1, -0.05) is 17.7 Å². The zero-order chi connectivity index (χ0) is 13.4. The SMILES string of the molecule is COc1ccc(C)cc1C1CCNc2nc(N)nn21. The second-order valence-electron chi connectivity index (χ2n) is 4.71. The van der Waals surface area contributed by atoms with Gasteiger partial charge < -0.3 is 15.8 Å². The van der Waals surface area contributed by atoms with Crippen LogP contribution in [0.15, 0.2) is 18.2 Å². The Bertz CT molecular complexity index is 607. The van der Waals surface area contributed by atoms with Gasteiger partial charge in [-0.3, -0.25) is 0 Å². The van der Waals surface area contributed by atoms with Crippen molar-refractivity contribution >= 4 is 11.9 Å². The van der Waals surface area contributed by atoms with Crippen molar-refractivity contribution in [3.63, 3.8) is 0 Å². The van der Waals surface area contributed by atoms with Crippen LogP contribution in [-0.2, 0) is 0 Å². The van der Waals surface area contributed by atoms with Crippen molar-refractivity contribution in [2.45, 2.75) is 19.4 Å². The first-order valence-electron chi connectivity index (χ1n) is 6.29. The molecule has 0 aliphatic carbocycles. The standard InChI is InChI=1S/C13H17N5O/c1-8-3-4-11(19-2)9(7-8)10-5-6-15-13-16-12(14)17-18(10)13/h3-4,7,10H,5-6H2,1-2H3,(H3,14,15,16,17). The van der Waals surface area contributed by atoms with Crippen molar-refractivity contribution in [1.29, 1.82) is 0 Å². The topological polar surface area (TPSA) is 78.0 Å². The number of fused-ring (bicyclic) bond motifs is 1. The van der Waals surface area contributed by atoms with Crippen LogP contribution in [0, 0.1) is 6.92 Å². The van der Waals surface area contributed by atoms with E-state index in [-0.39, 0.29) is 6.04 Å². The maximum Gasteiger partial charge on any atom is 0.241 e. The summed E-state index contributed by atoms with van der Waals surface area (Å²) in [7, 11) is 1.69. The van der Waals surface area contributed by atoms with Crippen LogP contribution in [0.5, 0.6) is 5.75 Å². The monoisotopic (exact) mass is 259 g/mol. The molecule has 1 aromatic carbocycles. The average Bonchev–Trinajstić information content (AvgIpc) is 2.78. The van der Waals surface area contributed by atoms with Crippen LogP contribution >= 0.6 is 0 Å². The molecule has 0 saturated heterocycles. The Morgan fingerprint density at radius 3 is 3.11 bits per heavy atom. The Kier molecular flexibility index (Phi) is 2.77. The summed E-state index contributed by atoms with van der Waals surface area (Å²) in [5.41, 5.74) is 8.00. The molecule has 0 fully saturated rings. The van der Waals surface area contributed by atoms with Gasteiger partial charge in [0.05, 0.1) is 13.2 Å². The third-order valence-electron chi connectivity index (χ3n) is 3.39. The number of benzene rings is 1. The molecule has 3 N–H and O–H groups in total. The van der Waals surface area contributed by atoms with Gasteiger partial charge in [-0.05, 0) is 19.4 Å². The van der Waals surface area contributed by atoms with Crippen LogP contribution in [0.4, 0.5) is 11.9 Å². The summed E-state index contributed by atoms with van der Waals surface area (Å²) in [4.78, 5) is 4.18. The van der Waals surface area contributed by atoms with Crippen molar-refractivity contribution in [2.24, 2.45) is 0 Å². The Balaban J connectivity index is 2.10. The molecule has 0 bridgehead atoms. The van der Waals surface area contributed by atoms with Crippen molar-refractivity contribution < 1.29 is 4.74 Å². The summed E-state index contributed by atoms with van der Waals surface area (Å²) in [6.45, 7) is 2.92. The Morgan fingerprint density at radius 2 is 2.32 bits per heavy atom. The lowest BCUT2D eigenvalue weighted by Gasteiger charge is -2.26. The smallest absolute Gasteiger partial charge is 0.241 e. The molecule has 0 amide bonds. The molecule has 0 spiro atoms. The summed E-state index contributed by atoms with van der Waals surface area (Å²) in [5, 5.41) is 7.48. The molecular weight excluding hydrogens is 242 g/mol. The average molecular weight is 259 g/mol. The van der Waals surface area contributed by atoms with E-state index in [0.717, 1.165) is 30.2 Å². The number of ether oxygens (including phenoxy) is 1. The number of nitrogens with zero attached hydrogens (tertiary/aromatic N) is 3. The number of methoxy groups -OCH3 is 1. The molecule has 1 atom stereocenters. The van der Waals surface area contributed by atoms with E-state index in [1.165, 1.54) is 5.56 Å². The quantitative estimate of drug-likeness (QED) is 0.856. The van der Waals surface area contributed by atoms with Gasteiger partial charge in [-0.25, -0.2) is 4.68 Å². The molecule has 1 aliphatic heterocycles. The maximum atomic E-state index is 5.68. The lowest BCUT2D eigenvalue weighted by atomic mass is 9.99. The number of aryl methyl sites for hydroxylation is 1. The minimum absolute atomic E-state index is 0.107. The highest BCUT2D eigenvalue weighted by Crippen LogP contribution is 2.34. The van der Waals surface area contributed by atoms with Gasteiger partial charge in [-0.2, -0.15) is 4.98 Å². The van der Waals surface area contributed by atoms with Gasteiger partial charge in [0.1, 0.15) is 5.75 Å². The van der Waals surface area contributed by atoms with E-state index >= 15 is 0 Å². The summed E-state index contributed by atoms with van der Waals surface area (Å²) in [6.07, 6.45) is 0.926. The van der Waals surface area contributed by atoms with Crippen molar-refractivity contribution in [3.05, 3.63) is 29.3 Å². The van der Waals surface area contributed by atoms with Gasteiger partial charge in [0, 0.05) is 12.1 Å². The molecule has 1 aromatic heterocycles. The number of nitrogen functional groups attached to an aromatic ring is 1. The number of aromatic nitrogens is 3. The first-order chi connectivity index (χ1) is 9.19. The minimum Gasteiger partial charge on any atom is -0.496 e. The summed E-state index contributed by atoms with van der Waals surface area (Å²) in [5.74, 6) is 1.89. The molecule has 6 heteroatoms. The number of hydrogen-bond acceptors (Lipinski definition) is 5. The zero-order valence-electron chi connectivity index (χ0n) is 11.1. The first kappa shape index (κ1) is 11.8. The van der Waals surface area contributed by atoms with Gasteiger partial charge in [-0.15, -0.1) is 5.10 Å². The molecule has 0 radical (unpaired) electrons. The maximum absolute atomic E-state index is 5.68. The van der Waals surface area contributed by atoms with Crippen LogP contribution < -0.4 is 15.8 Å². The van der Waals surface area contributed by atoms with Crippen molar-refractivity contribution in [1.82, 2.24) is 14.8 Å². The van der Waals surface area contributed by atoms with Crippen LogP contribution in [0.2, 0.25) is 0 Å². The van der Waals surface area contributed by atoms with Crippen LogP contribution in [0.1, 0.15) is 23.6 Å². The third-order valence-corrected chi connectivity index (χ3v) is 3.39. The molecule has 0 saturated carbocycles. The number of rotatable bonds is 2. The molecule has 2 heterocycles. The van der Waals surface area contributed by atoms with E-state index in [0.29, 0.717) is 5.95 Å². The number of nitrogens with two attached hydrogens (primary N) is 1. The predicted octanol–water partition coefficient (Wildman–Crippen LogP) is 1.58. The van der Waals surface area contributed by atoms with Crippen LogP contribution in [0.3, 0.4) is 0 Å². The number of hydrogen-bond donors (Lipinski definition) is 2. The largest absolute Gasteiger partial charge is 0.496 e. The molecular formula is C13H17N5O. The minimum atomic E-state index is 0.107. The highest BCUT2D eigenvalue weighted by atomic mass is 16.5. The Hall–Kier alpha value is -2.24. The van der Waals surface area contributed by atoms with E-state index in [1.807, 2.05) is 16.8 Å². The molecule has 2 aromatic rings. The summed E-state index contributed by atoms with van der Waals surface area (Å²) in [6, 6.07) is 6.28. The fraction of sp³-hybridized carbons (Fsp3) is 0.385. The first-order valence-corrected chi connectivity index (χ1v) is 6.29. The third kappa shape index (κ3) is 1.99. The van der Waals surface area contributed by atoms with Gasteiger partial charge in [0.25, 0.3) is 0 Å². The van der Waals surface area contributed by atoms with Gasteiger partial charge in [0.15, 0.2) is 0 Å². The molecule has 3 rings (SSSR count). The highest BCUT2D eigenvalue weighted by Gasteiger charge is 2.26. The van der Waals surface area contributed by atoms with Crippen molar-refractivity contribution in [2.75, 3.05) is 24.7 Å². The lowest BCUT2D eigenvalue weighted by molar-refractivity contribution is 0.391. The van der Waals surface area contributed by atoms with E-state index < -0.39 is 0 Å². The van der Waals surface area contributed by atoms with E-state index in [9.17, 15) is 0 Å². The Labute approximate surface area is 111 Å². The fourth-order valence-electron chi connectivity index (χ4n) is 2.52. The van der Waals surface area contributed by atoms with E-state index in [4.69, 9.17) is 10.5 Å². The van der Waals surface area contributed by atoms with Gasteiger partial charge >= 0.3 is 0 Å². The second kappa shape index (κ2) is 4.46. The van der Waals surface area contributed by atoms with E-state index in [2.05, 4.69) is 28.4 Å². The number of nitrogens with one attached hydrogen (secondary N) is 1.